The number of H-pyrrole nitrogens is 1. The number of benzene rings is 3. The van der Waals surface area contributed by atoms with Crippen LogP contribution >= 0.6 is 11.8 Å². The van der Waals surface area contributed by atoms with E-state index in [0.29, 0.717) is 5.16 Å². The second-order valence-corrected chi connectivity index (χ2v) is 9.45. The van der Waals surface area contributed by atoms with E-state index in [9.17, 15) is 4.79 Å². The summed E-state index contributed by atoms with van der Waals surface area (Å²) in [6, 6.07) is 28.6. The molecule has 0 saturated carbocycles. The van der Waals surface area contributed by atoms with Crippen LogP contribution in [0.3, 0.4) is 0 Å². The molecule has 5 rings (SSSR count). The van der Waals surface area contributed by atoms with E-state index in [1.165, 1.54) is 17.3 Å². The third kappa shape index (κ3) is 5.30. The van der Waals surface area contributed by atoms with Gasteiger partial charge in [0.05, 0.1) is 5.75 Å². The van der Waals surface area contributed by atoms with E-state index in [2.05, 4.69) is 38.7 Å². The summed E-state index contributed by atoms with van der Waals surface area (Å²) in [6.07, 6.45) is 3.79. The summed E-state index contributed by atoms with van der Waals surface area (Å²) in [5.74, 6) is 1.01. The molecule has 176 valence electrons. The fourth-order valence-electron chi connectivity index (χ4n) is 4.15. The van der Waals surface area contributed by atoms with Gasteiger partial charge in [0.2, 0.25) is 5.91 Å². The fraction of sp³-hybridized carbons (Fsp3) is 0.179. The number of para-hydroxylation sites is 2. The lowest BCUT2D eigenvalue weighted by atomic mass is 10.1. The minimum absolute atomic E-state index is 0.00758. The summed E-state index contributed by atoms with van der Waals surface area (Å²) < 4.78 is 2.02. The van der Waals surface area contributed by atoms with Crippen molar-refractivity contribution in [2.45, 2.75) is 31.0 Å². The molecule has 3 aromatic carbocycles. The van der Waals surface area contributed by atoms with Crippen molar-refractivity contribution in [3.05, 3.63) is 96.7 Å². The van der Waals surface area contributed by atoms with E-state index in [-0.39, 0.29) is 17.7 Å². The minimum Gasteiger partial charge on any atom is -0.360 e. The van der Waals surface area contributed by atoms with Crippen LogP contribution in [0.2, 0.25) is 0 Å². The topological polar surface area (TPSA) is 75.6 Å². The predicted octanol–water partition coefficient (Wildman–Crippen LogP) is 5.65. The zero-order valence-corrected chi connectivity index (χ0v) is 20.3. The second-order valence-electron chi connectivity index (χ2n) is 8.51. The molecule has 0 aliphatic heterocycles. The number of hydrogen-bond donors (Lipinski definition) is 2. The van der Waals surface area contributed by atoms with Crippen molar-refractivity contribution in [1.82, 2.24) is 25.1 Å². The van der Waals surface area contributed by atoms with Crippen LogP contribution in [0.15, 0.2) is 96.3 Å². The Morgan fingerprint density at radius 1 is 0.971 bits per heavy atom. The van der Waals surface area contributed by atoms with Gasteiger partial charge in [-0.05, 0) is 43.5 Å². The highest BCUT2D eigenvalue weighted by Gasteiger charge is 2.20. The van der Waals surface area contributed by atoms with Gasteiger partial charge in [-0.25, -0.2) is 0 Å². The number of amides is 1. The summed E-state index contributed by atoms with van der Waals surface area (Å²) in [5.41, 5.74) is 4.26. The van der Waals surface area contributed by atoms with Crippen LogP contribution in [0, 0.1) is 0 Å². The van der Waals surface area contributed by atoms with Gasteiger partial charge < -0.3 is 10.3 Å². The highest BCUT2D eigenvalue weighted by atomic mass is 32.2. The van der Waals surface area contributed by atoms with Gasteiger partial charge in [-0.15, -0.1) is 10.2 Å². The van der Waals surface area contributed by atoms with Crippen LogP contribution in [0.1, 0.15) is 18.9 Å². The van der Waals surface area contributed by atoms with E-state index in [1.54, 1.807) is 0 Å². The number of rotatable bonds is 9. The van der Waals surface area contributed by atoms with Crippen LogP contribution in [-0.4, -0.2) is 37.5 Å². The van der Waals surface area contributed by atoms with Crippen LogP contribution in [-0.2, 0) is 11.2 Å². The highest BCUT2D eigenvalue weighted by Crippen LogP contribution is 2.32. The van der Waals surface area contributed by atoms with Crippen LogP contribution < -0.4 is 5.32 Å². The number of carbonyl (C=O) groups is 1. The first-order valence-electron chi connectivity index (χ1n) is 11.7. The van der Waals surface area contributed by atoms with Crippen molar-refractivity contribution in [3.63, 3.8) is 0 Å². The molecule has 0 aliphatic rings. The number of hydrogen-bond acceptors (Lipinski definition) is 4. The maximum atomic E-state index is 12.7. The Hall–Kier alpha value is -3.84. The molecule has 0 fully saturated rings. The Kier molecular flexibility index (Phi) is 6.95. The van der Waals surface area contributed by atoms with Gasteiger partial charge in [0, 0.05) is 34.4 Å². The summed E-state index contributed by atoms with van der Waals surface area (Å²) in [5, 5.41) is 13.9. The summed E-state index contributed by atoms with van der Waals surface area (Å²) >= 11 is 1.40. The number of aryl methyl sites for hydroxylation is 1. The molecule has 2 aromatic heterocycles. The Labute approximate surface area is 208 Å². The molecule has 1 amide bonds. The molecule has 0 radical (unpaired) electrons. The first-order chi connectivity index (χ1) is 17.2. The van der Waals surface area contributed by atoms with E-state index in [0.717, 1.165) is 40.8 Å². The molecule has 6 nitrogen and oxygen atoms in total. The van der Waals surface area contributed by atoms with Gasteiger partial charge in [0.15, 0.2) is 11.0 Å². The lowest BCUT2D eigenvalue weighted by Gasteiger charge is -2.14. The molecule has 2 N–H and O–H groups in total. The Morgan fingerprint density at radius 3 is 2.49 bits per heavy atom. The Morgan fingerprint density at radius 2 is 1.69 bits per heavy atom. The Bertz CT molecular complexity index is 1410. The van der Waals surface area contributed by atoms with Crippen molar-refractivity contribution in [1.29, 1.82) is 0 Å². The van der Waals surface area contributed by atoms with E-state index >= 15 is 0 Å². The lowest BCUT2D eigenvalue weighted by Crippen LogP contribution is -2.34. The summed E-state index contributed by atoms with van der Waals surface area (Å²) in [6.45, 7) is 2.05. The van der Waals surface area contributed by atoms with Gasteiger partial charge in [-0.2, -0.15) is 0 Å². The van der Waals surface area contributed by atoms with E-state index in [4.69, 9.17) is 0 Å². The van der Waals surface area contributed by atoms with Crippen LogP contribution in [0.4, 0.5) is 0 Å². The molecule has 0 bridgehead atoms. The van der Waals surface area contributed by atoms with Gasteiger partial charge in [0.25, 0.3) is 0 Å². The third-order valence-corrected chi connectivity index (χ3v) is 6.86. The van der Waals surface area contributed by atoms with Crippen molar-refractivity contribution >= 4 is 28.6 Å². The van der Waals surface area contributed by atoms with Crippen LogP contribution in [0.25, 0.3) is 28.0 Å². The molecule has 7 heteroatoms. The zero-order valence-electron chi connectivity index (χ0n) is 19.5. The first-order valence-corrected chi connectivity index (χ1v) is 12.7. The second kappa shape index (κ2) is 10.6. The smallest absolute Gasteiger partial charge is 0.230 e. The van der Waals surface area contributed by atoms with Crippen LogP contribution in [0.5, 0.6) is 0 Å². The molecule has 2 heterocycles. The number of nitrogens with zero attached hydrogens (tertiary/aromatic N) is 3. The maximum absolute atomic E-state index is 12.7. The molecule has 1 atom stereocenters. The number of fused-ring (bicyclic) bond motifs is 1. The van der Waals surface area contributed by atoms with Gasteiger partial charge in [0.1, 0.15) is 0 Å². The molecule has 0 unspecified atom stereocenters. The number of aromatic amines is 1. The average Bonchev–Trinajstić information content (AvgIpc) is 3.51. The lowest BCUT2D eigenvalue weighted by molar-refractivity contribution is -0.119. The van der Waals surface area contributed by atoms with Gasteiger partial charge in [-0.3, -0.25) is 9.36 Å². The first kappa shape index (κ1) is 22.9. The number of carbonyl (C=O) groups excluding carboxylic acids is 1. The third-order valence-electron chi connectivity index (χ3n) is 5.93. The van der Waals surface area contributed by atoms with Crippen molar-refractivity contribution in [3.8, 4) is 17.1 Å². The maximum Gasteiger partial charge on any atom is 0.230 e. The normalized spacial score (nSPS) is 12.0. The quantitative estimate of drug-likeness (QED) is 0.267. The largest absolute Gasteiger partial charge is 0.360 e. The SMILES string of the molecule is C[C@H](CCc1ccccc1)NC(=O)CSc1nnc(-c2c[nH]c3ccccc23)n1-c1ccccc1. The standard InChI is InChI=1S/C28H27N5OS/c1-20(16-17-21-10-4-2-5-11-21)30-26(34)19-35-28-32-31-27(33(28)22-12-6-3-7-13-22)24-18-29-25-15-9-8-14-23(24)25/h2-15,18,20,29H,16-17,19H2,1H3,(H,30,34)/t20-/m1/s1. The highest BCUT2D eigenvalue weighted by molar-refractivity contribution is 7.99. The van der Waals surface area contributed by atoms with Crippen molar-refractivity contribution in [2.24, 2.45) is 0 Å². The number of thioether (sulfide) groups is 1. The molecule has 0 spiro atoms. The molecular formula is C28H27N5OS. The predicted molar refractivity (Wildman–Crippen MR) is 142 cm³/mol. The molecule has 0 aliphatic carbocycles. The van der Waals surface area contributed by atoms with Crippen molar-refractivity contribution < 1.29 is 4.79 Å². The van der Waals surface area contributed by atoms with Crippen molar-refractivity contribution in [2.75, 3.05) is 5.75 Å². The van der Waals surface area contributed by atoms with Gasteiger partial charge >= 0.3 is 0 Å². The Balaban J connectivity index is 1.31. The van der Waals surface area contributed by atoms with E-state index in [1.807, 2.05) is 84.4 Å². The zero-order chi connectivity index (χ0) is 24.0. The molecular weight excluding hydrogens is 454 g/mol. The minimum atomic E-state index is -0.00758. The number of nitrogens with one attached hydrogen (secondary N) is 2. The molecule has 5 aromatic rings. The number of aromatic nitrogens is 4. The van der Waals surface area contributed by atoms with E-state index < -0.39 is 0 Å². The monoisotopic (exact) mass is 481 g/mol. The van der Waals surface area contributed by atoms with Gasteiger partial charge in [-0.1, -0.05) is 78.5 Å². The molecule has 0 saturated heterocycles. The average molecular weight is 482 g/mol. The summed E-state index contributed by atoms with van der Waals surface area (Å²) in [4.78, 5) is 16.0. The summed E-state index contributed by atoms with van der Waals surface area (Å²) in [7, 11) is 0. The molecule has 35 heavy (non-hydrogen) atoms. The fourth-order valence-corrected chi connectivity index (χ4v) is 4.91.